The van der Waals surface area contributed by atoms with Crippen LogP contribution in [0.3, 0.4) is 0 Å². The molecular formula is C18H22Cl2N2O4. The monoisotopic (exact) mass is 400 g/mol. The number of nitrogens with zero attached hydrogens (tertiary/aromatic N) is 1. The van der Waals surface area contributed by atoms with Crippen molar-refractivity contribution in [2.45, 2.75) is 46.2 Å². The number of hydrogen-bond acceptors (Lipinski definition) is 3. The van der Waals surface area contributed by atoms with Gasteiger partial charge in [-0.3, -0.25) is 4.79 Å². The average molecular weight is 401 g/mol. The van der Waals surface area contributed by atoms with Crippen LogP contribution in [-0.2, 0) is 6.54 Å². The molecular weight excluding hydrogens is 379 g/mol. The number of fused-ring (bicyclic) bond motifs is 1. The quantitative estimate of drug-likeness (QED) is 0.651. The van der Waals surface area contributed by atoms with Crippen LogP contribution in [0.25, 0.3) is 10.8 Å². The minimum atomic E-state index is -1.18. The SMILES string of the molecule is CCCCOc1c(CNC(=O)O)n(C(C)C)c(=O)c2cc(Cl)c(Cl)cc12. The van der Waals surface area contributed by atoms with Crippen LogP contribution in [-0.4, -0.2) is 22.4 Å². The van der Waals surface area contributed by atoms with E-state index in [0.29, 0.717) is 33.8 Å². The number of rotatable bonds is 7. The summed E-state index contributed by atoms with van der Waals surface area (Å²) in [5.74, 6) is 0.453. The first-order valence-electron chi connectivity index (χ1n) is 8.43. The fourth-order valence-electron chi connectivity index (χ4n) is 2.78. The van der Waals surface area contributed by atoms with Gasteiger partial charge in [-0.1, -0.05) is 36.5 Å². The van der Waals surface area contributed by atoms with Gasteiger partial charge in [-0.05, 0) is 32.4 Å². The lowest BCUT2D eigenvalue weighted by Crippen LogP contribution is -2.31. The average Bonchev–Trinajstić information content (AvgIpc) is 2.56. The third-order valence-electron chi connectivity index (χ3n) is 3.97. The third kappa shape index (κ3) is 4.24. The molecule has 0 saturated heterocycles. The summed E-state index contributed by atoms with van der Waals surface area (Å²) in [5.41, 5.74) is 0.202. The van der Waals surface area contributed by atoms with E-state index in [1.807, 2.05) is 20.8 Å². The molecule has 142 valence electrons. The van der Waals surface area contributed by atoms with Crippen molar-refractivity contribution in [3.8, 4) is 5.75 Å². The van der Waals surface area contributed by atoms with Crippen molar-refractivity contribution in [3.05, 3.63) is 38.2 Å². The van der Waals surface area contributed by atoms with Crippen molar-refractivity contribution < 1.29 is 14.6 Å². The van der Waals surface area contributed by atoms with Gasteiger partial charge in [0.05, 0.1) is 34.3 Å². The number of ether oxygens (including phenoxy) is 1. The molecule has 0 aliphatic heterocycles. The highest BCUT2D eigenvalue weighted by Gasteiger charge is 2.21. The number of carbonyl (C=O) groups is 1. The Labute approximate surface area is 161 Å². The van der Waals surface area contributed by atoms with E-state index in [9.17, 15) is 9.59 Å². The van der Waals surface area contributed by atoms with Crippen molar-refractivity contribution in [2.24, 2.45) is 0 Å². The Morgan fingerprint density at radius 2 is 1.88 bits per heavy atom. The summed E-state index contributed by atoms with van der Waals surface area (Å²) >= 11 is 12.3. The summed E-state index contributed by atoms with van der Waals surface area (Å²) in [7, 11) is 0. The highest BCUT2D eigenvalue weighted by atomic mass is 35.5. The van der Waals surface area contributed by atoms with Crippen LogP contribution in [0.5, 0.6) is 5.75 Å². The first-order valence-corrected chi connectivity index (χ1v) is 9.19. The topological polar surface area (TPSA) is 80.6 Å². The maximum Gasteiger partial charge on any atom is 0.404 e. The van der Waals surface area contributed by atoms with E-state index in [-0.39, 0.29) is 23.2 Å². The summed E-state index contributed by atoms with van der Waals surface area (Å²) in [5, 5.41) is 12.8. The maximum absolute atomic E-state index is 13.0. The molecule has 0 spiro atoms. The molecule has 1 amide bonds. The number of pyridine rings is 1. The standard InChI is InChI=1S/C18H22Cl2N2O4/c1-4-5-6-26-16-11-7-13(19)14(20)8-12(11)17(23)22(10(2)3)15(16)9-21-18(24)25/h7-8,10,21H,4-6,9H2,1-3H3,(H,24,25). The Morgan fingerprint density at radius 3 is 2.42 bits per heavy atom. The number of hydrogen-bond donors (Lipinski definition) is 2. The van der Waals surface area contributed by atoms with E-state index < -0.39 is 6.09 Å². The number of amides is 1. The number of nitrogens with one attached hydrogen (secondary N) is 1. The van der Waals surface area contributed by atoms with Crippen LogP contribution in [0.15, 0.2) is 16.9 Å². The molecule has 2 N–H and O–H groups in total. The molecule has 6 nitrogen and oxygen atoms in total. The van der Waals surface area contributed by atoms with Crippen LogP contribution in [0, 0.1) is 0 Å². The number of aromatic nitrogens is 1. The van der Waals surface area contributed by atoms with Gasteiger partial charge < -0.3 is 19.7 Å². The zero-order valence-corrected chi connectivity index (χ0v) is 16.4. The molecule has 1 aromatic carbocycles. The van der Waals surface area contributed by atoms with Crippen molar-refractivity contribution in [1.29, 1.82) is 0 Å². The molecule has 0 unspecified atom stereocenters. The van der Waals surface area contributed by atoms with Gasteiger partial charge in [0.25, 0.3) is 5.56 Å². The first kappa shape index (κ1) is 20.4. The summed E-state index contributed by atoms with van der Waals surface area (Å²) in [6.07, 6.45) is 0.591. The third-order valence-corrected chi connectivity index (χ3v) is 4.70. The molecule has 0 bridgehead atoms. The van der Waals surface area contributed by atoms with E-state index in [1.54, 1.807) is 6.07 Å². The fraction of sp³-hybridized carbons (Fsp3) is 0.444. The molecule has 0 aliphatic carbocycles. The van der Waals surface area contributed by atoms with Crippen LogP contribution >= 0.6 is 23.2 Å². The summed E-state index contributed by atoms with van der Waals surface area (Å²) in [4.78, 5) is 24.0. The second-order valence-corrected chi connectivity index (χ2v) is 7.03. The summed E-state index contributed by atoms with van der Waals surface area (Å²) in [6, 6.07) is 2.93. The van der Waals surface area contributed by atoms with Gasteiger partial charge in [0.1, 0.15) is 5.75 Å². The van der Waals surface area contributed by atoms with Gasteiger partial charge in [-0.2, -0.15) is 0 Å². The van der Waals surface area contributed by atoms with Crippen LogP contribution in [0.1, 0.15) is 45.3 Å². The van der Waals surface area contributed by atoms with E-state index in [1.165, 1.54) is 10.6 Å². The molecule has 8 heteroatoms. The van der Waals surface area contributed by atoms with Crippen molar-refractivity contribution in [3.63, 3.8) is 0 Å². The molecule has 26 heavy (non-hydrogen) atoms. The predicted molar refractivity (Wildman–Crippen MR) is 104 cm³/mol. The zero-order valence-electron chi connectivity index (χ0n) is 14.9. The van der Waals surface area contributed by atoms with E-state index in [0.717, 1.165) is 12.8 Å². The van der Waals surface area contributed by atoms with E-state index in [4.69, 9.17) is 33.0 Å². The van der Waals surface area contributed by atoms with Gasteiger partial charge >= 0.3 is 6.09 Å². The highest BCUT2D eigenvalue weighted by molar-refractivity contribution is 6.42. The molecule has 2 rings (SSSR count). The molecule has 0 aliphatic rings. The van der Waals surface area contributed by atoms with Gasteiger partial charge in [0.15, 0.2) is 0 Å². The van der Waals surface area contributed by atoms with Gasteiger partial charge in [0.2, 0.25) is 0 Å². The van der Waals surface area contributed by atoms with Crippen LogP contribution < -0.4 is 15.6 Å². The summed E-state index contributed by atoms with van der Waals surface area (Å²) < 4.78 is 7.50. The second kappa shape index (κ2) is 8.64. The Kier molecular flexibility index (Phi) is 6.78. The predicted octanol–water partition coefficient (Wildman–Crippen LogP) is 4.84. The fourth-order valence-corrected chi connectivity index (χ4v) is 3.11. The second-order valence-electron chi connectivity index (χ2n) is 6.22. The lowest BCUT2D eigenvalue weighted by atomic mass is 10.1. The normalized spacial score (nSPS) is 11.2. The number of halogens is 2. The van der Waals surface area contributed by atoms with Crippen LogP contribution in [0.4, 0.5) is 4.79 Å². The molecule has 1 heterocycles. The Bertz CT molecular complexity index is 878. The van der Waals surface area contributed by atoms with Crippen molar-refractivity contribution in [2.75, 3.05) is 6.61 Å². The molecule has 0 fully saturated rings. The Balaban J connectivity index is 2.81. The highest BCUT2D eigenvalue weighted by Crippen LogP contribution is 2.35. The largest absolute Gasteiger partial charge is 0.491 e. The van der Waals surface area contributed by atoms with E-state index >= 15 is 0 Å². The van der Waals surface area contributed by atoms with Crippen molar-refractivity contribution >= 4 is 40.1 Å². The van der Waals surface area contributed by atoms with E-state index in [2.05, 4.69) is 5.32 Å². The Hall–Kier alpha value is -1.92. The number of carboxylic acid groups (broad SMARTS) is 1. The molecule has 1 aromatic heterocycles. The van der Waals surface area contributed by atoms with Gasteiger partial charge in [-0.25, -0.2) is 4.79 Å². The molecule has 0 atom stereocenters. The first-order chi connectivity index (χ1) is 12.3. The summed E-state index contributed by atoms with van der Waals surface area (Å²) in [6.45, 7) is 6.14. The van der Waals surface area contributed by atoms with Gasteiger partial charge in [0, 0.05) is 11.4 Å². The van der Waals surface area contributed by atoms with Crippen LogP contribution in [0.2, 0.25) is 10.0 Å². The molecule has 2 aromatic rings. The molecule has 0 radical (unpaired) electrons. The lowest BCUT2D eigenvalue weighted by molar-refractivity contribution is 0.193. The smallest absolute Gasteiger partial charge is 0.404 e. The molecule has 0 saturated carbocycles. The minimum Gasteiger partial charge on any atom is -0.491 e. The van der Waals surface area contributed by atoms with Crippen molar-refractivity contribution in [1.82, 2.24) is 9.88 Å². The minimum absolute atomic E-state index is 0.0552. The Morgan fingerprint density at radius 1 is 1.27 bits per heavy atom. The lowest BCUT2D eigenvalue weighted by Gasteiger charge is -2.22. The maximum atomic E-state index is 13.0. The number of unbranched alkanes of at least 4 members (excludes halogenated alkanes) is 1. The number of benzene rings is 1. The van der Waals surface area contributed by atoms with Gasteiger partial charge in [-0.15, -0.1) is 0 Å². The zero-order chi connectivity index (χ0) is 19.4.